The molecule has 4 fully saturated rings. The average Bonchev–Trinajstić information content (AvgIpc) is 2.80. The number of fused-ring (bicyclic) bond motifs is 1. The molecule has 2 heterocycles. The third-order valence-corrected chi connectivity index (χ3v) is 6.69. The number of nitrogens with zero attached hydrogens (tertiary/aromatic N) is 2. The second kappa shape index (κ2) is 4.09. The number of imidazole rings is 1. The predicted molar refractivity (Wildman–Crippen MR) is 78.3 cm³/mol. The monoisotopic (exact) mass is 271 g/mol. The fourth-order valence-corrected chi connectivity index (χ4v) is 6.13. The Kier molecular flexibility index (Phi) is 2.41. The van der Waals surface area contributed by atoms with Gasteiger partial charge in [-0.05, 0) is 62.2 Å². The van der Waals surface area contributed by atoms with E-state index in [-0.39, 0.29) is 0 Å². The Bertz CT molecular complexity index is 504. The van der Waals surface area contributed by atoms with Gasteiger partial charge in [-0.2, -0.15) is 0 Å². The Labute approximate surface area is 120 Å². The Balaban J connectivity index is 1.51. The maximum absolute atomic E-state index is 6.11. The zero-order valence-electron chi connectivity index (χ0n) is 12.2. The Hall–Kier alpha value is -0.830. The SMILES string of the molecule is NC1CCn2c(cnc2C2C3CC4CC(C3)CC2C4)C1. The molecule has 1 aromatic rings. The van der Waals surface area contributed by atoms with Gasteiger partial charge in [0.05, 0.1) is 0 Å². The maximum atomic E-state index is 6.11. The van der Waals surface area contributed by atoms with Crippen LogP contribution in [0.25, 0.3) is 0 Å². The average molecular weight is 271 g/mol. The van der Waals surface area contributed by atoms with Gasteiger partial charge in [-0.25, -0.2) is 4.98 Å². The first-order chi connectivity index (χ1) is 9.78. The van der Waals surface area contributed by atoms with Gasteiger partial charge in [-0.3, -0.25) is 0 Å². The minimum atomic E-state index is 0.352. The molecular weight excluding hydrogens is 246 g/mol. The quantitative estimate of drug-likeness (QED) is 0.853. The molecule has 1 aromatic heterocycles. The number of hydrogen-bond acceptors (Lipinski definition) is 2. The number of aromatic nitrogens is 2. The molecule has 2 N–H and O–H groups in total. The highest BCUT2D eigenvalue weighted by Gasteiger charge is 2.50. The van der Waals surface area contributed by atoms with Crippen molar-refractivity contribution < 1.29 is 0 Å². The van der Waals surface area contributed by atoms with Crippen LogP contribution in [0.1, 0.15) is 56.0 Å². The third kappa shape index (κ3) is 1.59. The van der Waals surface area contributed by atoms with Gasteiger partial charge in [0, 0.05) is 36.8 Å². The van der Waals surface area contributed by atoms with Crippen LogP contribution >= 0.6 is 0 Å². The number of rotatable bonds is 1. The van der Waals surface area contributed by atoms with Crippen molar-refractivity contribution in [2.45, 2.75) is 63.5 Å². The standard InChI is InChI=1S/C17H25N3/c18-14-1-2-20-15(8-14)9-19-17(20)16-12-4-10-3-11(6-12)7-13(16)5-10/h9-14,16H,1-8,18H2. The van der Waals surface area contributed by atoms with E-state index in [4.69, 9.17) is 10.7 Å². The molecule has 1 aliphatic heterocycles. The first kappa shape index (κ1) is 11.8. The molecule has 0 amide bonds. The van der Waals surface area contributed by atoms with Gasteiger partial charge in [0.1, 0.15) is 5.82 Å². The molecule has 1 atom stereocenters. The van der Waals surface area contributed by atoms with Gasteiger partial charge < -0.3 is 10.3 Å². The Morgan fingerprint density at radius 3 is 2.45 bits per heavy atom. The zero-order chi connectivity index (χ0) is 13.3. The largest absolute Gasteiger partial charge is 0.332 e. The molecule has 6 rings (SSSR count). The van der Waals surface area contributed by atoms with Gasteiger partial charge in [-0.15, -0.1) is 0 Å². The summed E-state index contributed by atoms with van der Waals surface area (Å²) >= 11 is 0. The van der Waals surface area contributed by atoms with Crippen LogP contribution in [0.3, 0.4) is 0 Å². The van der Waals surface area contributed by atoms with Crippen molar-refractivity contribution in [1.29, 1.82) is 0 Å². The molecule has 1 unspecified atom stereocenters. The lowest BCUT2D eigenvalue weighted by Crippen LogP contribution is -2.45. The molecule has 4 bridgehead atoms. The molecule has 20 heavy (non-hydrogen) atoms. The van der Waals surface area contributed by atoms with Crippen molar-refractivity contribution >= 4 is 0 Å². The third-order valence-electron chi connectivity index (χ3n) is 6.69. The fourth-order valence-electron chi connectivity index (χ4n) is 6.13. The van der Waals surface area contributed by atoms with Crippen LogP contribution in [0.5, 0.6) is 0 Å². The van der Waals surface area contributed by atoms with E-state index in [9.17, 15) is 0 Å². The summed E-state index contributed by atoms with van der Waals surface area (Å²) in [5, 5.41) is 0. The summed E-state index contributed by atoms with van der Waals surface area (Å²) in [6.45, 7) is 1.11. The van der Waals surface area contributed by atoms with Crippen molar-refractivity contribution in [3.63, 3.8) is 0 Å². The fraction of sp³-hybridized carbons (Fsp3) is 0.824. The second-order valence-electron chi connectivity index (χ2n) is 7.97. The van der Waals surface area contributed by atoms with Gasteiger partial charge in [-0.1, -0.05) is 0 Å². The Morgan fingerprint density at radius 1 is 1.05 bits per heavy atom. The smallest absolute Gasteiger partial charge is 0.112 e. The molecule has 4 saturated carbocycles. The summed E-state index contributed by atoms with van der Waals surface area (Å²) in [5.74, 6) is 6.18. The van der Waals surface area contributed by atoms with E-state index in [1.165, 1.54) is 43.6 Å². The number of nitrogens with two attached hydrogens (primary N) is 1. The summed E-state index contributed by atoms with van der Waals surface area (Å²) in [6.07, 6.45) is 11.8. The highest BCUT2D eigenvalue weighted by atomic mass is 15.1. The molecule has 0 spiro atoms. The highest BCUT2D eigenvalue weighted by molar-refractivity contribution is 5.18. The number of hydrogen-bond donors (Lipinski definition) is 1. The second-order valence-corrected chi connectivity index (χ2v) is 7.97. The van der Waals surface area contributed by atoms with Crippen LogP contribution < -0.4 is 5.73 Å². The van der Waals surface area contributed by atoms with Crippen molar-refractivity contribution in [2.24, 2.45) is 29.4 Å². The van der Waals surface area contributed by atoms with Gasteiger partial charge >= 0.3 is 0 Å². The van der Waals surface area contributed by atoms with Crippen LogP contribution in [-0.2, 0) is 13.0 Å². The predicted octanol–water partition coefficient (Wildman–Crippen LogP) is 2.70. The van der Waals surface area contributed by atoms with Gasteiger partial charge in [0.2, 0.25) is 0 Å². The van der Waals surface area contributed by atoms with Crippen molar-refractivity contribution in [3.8, 4) is 0 Å². The van der Waals surface area contributed by atoms with E-state index in [1.54, 1.807) is 0 Å². The molecular formula is C17H25N3. The lowest BCUT2D eigenvalue weighted by atomic mass is 9.51. The highest BCUT2D eigenvalue weighted by Crippen LogP contribution is 2.59. The molecule has 108 valence electrons. The van der Waals surface area contributed by atoms with Crippen LogP contribution in [-0.4, -0.2) is 15.6 Å². The topological polar surface area (TPSA) is 43.8 Å². The van der Waals surface area contributed by atoms with Crippen molar-refractivity contribution in [1.82, 2.24) is 9.55 Å². The lowest BCUT2D eigenvalue weighted by Gasteiger charge is -2.54. The minimum Gasteiger partial charge on any atom is -0.332 e. The van der Waals surface area contributed by atoms with E-state index in [0.29, 0.717) is 6.04 Å². The van der Waals surface area contributed by atoms with Crippen LogP contribution in [0, 0.1) is 23.7 Å². The first-order valence-corrected chi connectivity index (χ1v) is 8.58. The molecule has 0 radical (unpaired) electrons. The summed E-state index contributed by atoms with van der Waals surface area (Å²) in [4.78, 5) is 4.89. The molecule has 5 aliphatic rings. The van der Waals surface area contributed by atoms with Crippen LogP contribution in [0.4, 0.5) is 0 Å². The maximum Gasteiger partial charge on any atom is 0.112 e. The zero-order valence-corrected chi connectivity index (χ0v) is 12.2. The normalized spacial score (nSPS) is 45.6. The van der Waals surface area contributed by atoms with E-state index >= 15 is 0 Å². The van der Waals surface area contributed by atoms with E-state index in [0.717, 1.165) is 49.0 Å². The lowest BCUT2D eigenvalue weighted by molar-refractivity contribution is -0.00697. The first-order valence-electron chi connectivity index (χ1n) is 8.58. The van der Waals surface area contributed by atoms with E-state index in [1.807, 2.05) is 0 Å². The minimum absolute atomic E-state index is 0.352. The molecule has 3 heteroatoms. The van der Waals surface area contributed by atoms with E-state index in [2.05, 4.69) is 10.8 Å². The molecule has 0 saturated heterocycles. The van der Waals surface area contributed by atoms with Gasteiger partial charge in [0.25, 0.3) is 0 Å². The molecule has 0 aromatic carbocycles. The van der Waals surface area contributed by atoms with Crippen molar-refractivity contribution in [2.75, 3.05) is 0 Å². The summed E-state index contributed by atoms with van der Waals surface area (Å²) < 4.78 is 2.54. The summed E-state index contributed by atoms with van der Waals surface area (Å²) in [5.41, 5.74) is 7.51. The van der Waals surface area contributed by atoms with Crippen LogP contribution in [0.2, 0.25) is 0 Å². The van der Waals surface area contributed by atoms with Crippen LogP contribution in [0.15, 0.2) is 6.20 Å². The summed E-state index contributed by atoms with van der Waals surface area (Å²) in [7, 11) is 0. The molecule has 4 aliphatic carbocycles. The molecule has 3 nitrogen and oxygen atoms in total. The summed E-state index contributed by atoms with van der Waals surface area (Å²) in [6, 6.07) is 0.352. The van der Waals surface area contributed by atoms with Gasteiger partial charge in [0.15, 0.2) is 0 Å². The van der Waals surface area contributed by atoms with E-state index < -0.39 is 0 Å². The van der Waals surface area contributed by atoms with Crippen molar-refractivity contribution in [3.05, 3.63) is 17.7 Å². The Morgan fingerprint density at radius 2 is 1.75 bits per heavy atom.